The Labute approximate surface area is 156 Å². The van der Waals surface area contributed by atoms with Crippen molar-refractivity contribution in [3.63, 3.8) is 0 Å². The number of imidazole rings is 1. The number of methoxy groups -OCH3 is 1. The van der Waals surface area contributed by atoms with E-state index in [9.17, 15) is 4.79 Å². The molecule has 7 heteroatoms. The van der Waals surface area contributed by atoms with Crippen LogP contribution >= 0.6 is 0 Å². The largest absolute Gasteiger partial charge is 0.378 e. The van der Waals surface area contributed by atoms with Crippen LogP contribution in [0.2, 0.25) is 0 Å². The number of aromatic amines is 1. The molecule has 27 heavy (non-hydrogen) atoms. The standard InChI is InChI=1S/C20H19N5O2/c1-27-13-17-9-16(23-24-17)10-21-20(26)15-7-8-19-22-18(12-25(19)11-15)14-5-3-2-4-6-14/h2-9,11-12H,10,13H2,1H3,(H,21,26)(H,23,24). The molecule has 0 fully saturated rings. The average molecular weight is 361 g/mol. The van der Waals surface area contributed by atoms with Crippen molar-refractivity contribution in [3.8, 4) is 11.3 Å². The number of hydrogen-bond donors (Lipinski definition) is 2. The van der Waals surface area contributed by atoms with Crippen LogP contribution in [-0.4, -0.2) is 32.6 Å². The van der Waals surface area contributed by atoms with Crippen molar-refractivity contribution in [3.05, 3.63) is 77.9 Å². The summed E-state index contributed by atoms with van der Waals surface area (Å²) in [5, 5.41) is 9.89. The van der Waals surface area contributed by atoms with Gasteiger partial charge in [-0.1, -0.05) is 30.3 Å². The van der Waals surface area contributed by atoms with Gasteiger partial charge in [0.05, 0.1) is 35.8 Å². The van der Waals surface area contributed by atoms with Crippen LogP contribution in [0.3, 0.4) is 0 Å². The van der Waals surface area contributed by atoms with Gasteiger partial charge in [0.1, 0.15) is 5.65 Å². The molecule has 0 bridgehead atoms. The van der Waals surface area contributed by atoms with E-state index in [0.717, 1.165) is 28.3 Å². The number of amides is 1. The van der Waals surface area contributed by atoms with Gasteiger partial charge < -0.3 is 14.5 Å². The van der Waals surface area contributed by atoms with Crippen molar-refractivity contribution >= 4 is 11.6 Å². The topological polar surface area (TPSA) is 84.3 Å². The third-order valence-electron chi connectivity index (χ3n) is 4.20. The minimum atomic E-state index is -0.158. The summed E-state index contributed by atoms with van der Waals surface area (Å²) in [5.74, 6) is -0.158. The van der Waals surface area contributed by atoms with E-state index >= 15 is 0 Å². The summed E-state index contributed by atoms with van der Waals surface area (Å²) in [6, 6.07) is 15.4. The first-order valence-electron chi connectivity index (χ1n) is 8.57. The maximum atomic E-state index is 12.5. The van der Waals surface area contributed by atoms with Crippen LogP contribution in [0.1, 0.15) is 21.7 Å². The molecule has 1 amide bonds. The van der Waals surface area contributed by atoms with Gasteiger partial charge in [0.25, 0.3) is 5.91 Å². The quantitative estimate of drug-likeness (QED) is 0.553. The summed E-state index contributed by atoms with van der Waals surface area (Å²) in [7, 11) is 1.62. The minimum Gasteiger partial charge on any atom is -0.378 e. The Kier molecular flexibility index (Phi) is 4.67. The second-order valence-electron chi connectivity index (χ2n) is 6.18. The summed E-state index contributed by atoms with van der Waals surface area (Å²) in [5.41, 5.74) is 4.90. The van der Waals surface area contributed by atoms with Crippen LogP contribution in [0, 0.1) is 0 Å². The molecule has 3 aromatic heterocycles. The van der Waals surface area contributed by atoms with Gasteiger partial charge in [-0.3, -0.25) is 9.89 Å². The first kappa shape index (κ1) is 17.0. The zero-order valence-electron chi connectivity index (χ0n) is 14.8. The van der Waals surface area contributed by atoms with Gasteiger partial charge in [0.15, 0.2) is 0 Å². The molecule has 4 aromatic rings. The molecule has 4 rings (SSSR count). The molecule has 2 N–H and O–H groups in total. The summed E-state index contributed by atoms with van der Waals surface area (Å²) >= 11 is 0. The molecule has 0 aliphatic carbocycles. The highest BCUT2D eigenvalue weighted by atomic mass is 16.5. The fraction of sp³-hybridized carbons (Fsp3) is 0.150. The van der Waals surface area contributed by atoms with Crippen molar-refractivity contribution in [1.29, 1.82) is 0 Å². The lowest BCUT2D eigenvalue weighted by Crippen LogP contribution is -2.23. The molecule has 0 spiro atoms. The van der Waals surface area contributed by atoms with E-state index in [0.29, 0.717) is 18.7 Å². The molecule has 0 saturated heterocycles. The second-order valence-corrected chi connectivity index (χ2v) is 6.18. The molecular weight excluding hydrogens is 342 g/mol. The molecule has 0 unspecified atom stereocenters. The molecule has 136 valence electrons. The smallest absolute Gasteiger partial charge is 0.253 e. The van der Waals surface area contributed by atoms with E-state index in [2.05, 4.69) is 20.5 Å². The van der Waals surface area contributed by atoms with Gasteiger partial charge in [-0.25, -0.2) is 4.98 Å². The van der Waals surface area contributed by atoms with Crippen LogP contribution in [0.5, 0.6) is 0 Å². The molecule has 0 aliphatic rings. The number of benzene rings is 1. The zero-order chi connectivity index (χ0) is 18.6. The lowest BCUT2D eigenvalue weighted by molar-refractivity contribution is 0.0950. The van der Waals surface area contributed by atoms with Crippen LogP contribution < -0.4 is 5.32 Å². The molecule has 0 saturated carbocycles. The van der Waals surface area contributed by atoms with E-state index in [1.807, 2.05) is 53.1 Å². The highest BCUT2D eigenvalue weighted by Crippen LogP contribution is 2.19. The summed E-state index contributed by atoms with van der Waals surface area (Å²) < 4.78 is 6.90. The number of pyridine rings is 1. The van der Waals surface area contributed by atoms with Crippen molar-refractivity contribution in [2.75, 3.05) is 7.11 Å². The maximum absolute atomic E-state index is 12.5. The Morgan fingerprint density at radius 3 is 2.85 bits per heavy atom. The van der Waals surface area contributed by atoms with Crippen LogP contribution in [0.15, 0.2) is 60.9 Å². The number of H-pyrrole nitrogens is 1. The van der Waals surface area contributed by atoms with E-state index < -0.39 is 0 Å². The highest BCUT2D eigenvalue weighted by Gasteiger charge is 2.10. The number of carbonyl (C=O) groups is 1. The molecule has 7 nitrogen and oxygen atoms in total. The van der Waals surface area contributed by atoms with E-state index in [4.69, 9.17) is 4.74 Å². The van der Waals surface area contributed by atoms with Gasteiger partial charge in [0, 0.05) is 25.1 Å². The van der Waals surface area contributed by atoms with Crippen molar-refractivity contribution in [2.24, 2.45) is 0 Å². The third kappa shape index (κ3) is 3.73. The third-order valence-corrected chi connectivity index (χ3v) is 4.20. The first-order valence-corrected chi connectivity index (χ1v) is 8.57. The minimum absolute atomic E-state index is 0.158. The SMILES string of the molecule is COCc1cc(CNC(=O)c2ccc3nc(-c4ccccc4)cn3c2)[nH]n1. The molecule has 0 aliphatic heterocycles. The Morgan fingerprint density at radius 1 is 1.19 bits per heavy atom. The Bertz CT molecular complexity index is 1070. The molecule has 1 aromatic carbocycles. The number of hydrogen-bond acceptors (Lipinski definition) is 4. The van der Waals surface area contributed by atoms with Crippen molar-refractivity contribution in [2.45, 2.75) is 13.2 Å². The predicted octanol–water partition coefficient (Wildman–Crippen LogP) is 2.80. The van der Waals surface area contributed by atoms with Crippen molar-refractivity contribution in [1.82, 2.24) is 24.9 Å². The van der Waals surface area contributed by atoms with E-state index in [1.165, 1.54) is 0 Å². The van der Waals surface area contributed by atoms with Crippen LogP contribution in [0.4, 0.5) is 0 Å². The fourth-order valence-electron chi connectivity index (χ4n) is 2.87. The van der Waals surface area contributed by atoms with E-state index in [-0.39, 0.29) is 5.91 Å². The predicted molar refractivity (Wildman–Crippen MR) is 101 cm³/mol. The zero-order valence-corrected chi connectivity index (χ0v) is 14.8. The highest BCUT2D eigenvalue weighted by molar-refractivity contribution is 5.94. The number of fused-ring (bicyclic) bond motifs is 1. The number of carbonyl (C=O) groups excluding carboxylic acids is 1. The van der Waals surface area contributed by atoms with Gasteiger partial charge >= 0.3 is 0 Å². The number of nitrogens with zero attached hydrogens (tertiary/aromatic N) is 3. The average Bonchev–Trinajstić information content (AvgIpc) is 3.33. The number of rotatable bonds is 6. The van der Waals surface area contributed by atoms with Gasteiger partial charge in [0.2, 0.25) is 0 Å². The van der Waals surface area contributed by atoms with Gasteiger partial charge in [-0.05, 0) is 18.2 Å². The summed E-state index contributed by atoms with van der Waals surface area (Å²) in [4.78, 5) is 17.1. The summed E-state index contributed by atoms with van der Waals surface area (Å²) in [6.45, 7) is 0.804. The van der Waals surface area contributed by atoms with Gasteiger partial charge in [-0.15, -0.1) is 0 Å². The van der Waals surface area contributed by atoms with Crippen LogP contribution in [0.25, 0.3) is 16.9 Å². The Morgan fingerprint density at radius 2 is 2.04 bits per heavy atom. The Balaban J connectivity index is 1.48. The second kappa shape index (κ2) is 7.43. The Hall–Kier alpha value is -3.45. The molecule has 0 radical (unpaired) electrons. The first-order chi connectivity index (χ1) is 13.2. The number of nitrogens with one attached hydrogen (secondary N) is 2. The number of ether oxygens (including phenoxy) is 1. The van der Waals surface area contributed by atoms with E-state index in [1.54, 1.807) is 19.4 Å². The molecule has 3 heterocycles. The number of aromatic nitrogens is 4. The summed E-state index contributed by atoms with van der Waals surface area (Å²) in [6.07, 6.45) is 3.71. The van der Waals surface area contributed by atoms with Crippen LogP contribution in [-0.2, 0) is 17.9 Å². The molecular formula is C20H19N5O2. The lowest BCUT2D eigenvalue weighted by Gasteiger charge is -2.04. The molecule has 0 atom stereocenters. The monoisotopic (exact) mass is 361 g/mol. The fourth-order valence-corrected chi connectivity index (χ4v) is 2.87. The van der Waals surface area contributed by atoms with Crippen molar-refractivity contribution < 1.29 is 9.53 Å². The lowest BCUT2D eigenvalue weighted by atomic mass is 10.2. The van der Waals surface area contributed by atoms with Gasteiger partial charge in [-0.2, -0.15) is 5.10 Å². The maximum Gasteiger partial charge on any atom is 0.253 e. The normalized spacial score (nSPS) is 11.0.